The van der Waals surface area contributed by atoms with E-state index >= 15 is 0 Å². The Morgan fingerprint density at radius 3 is 2.69 bits per heavy atom. The molecule has 0 aliphatic heterocycles. The van der Waals surface area contributed by atoms with Gasteiger partial charge in [0.2, 0.25) is 5.91 Å². The van der Waals surface area contributed by atoms with Gasteiger partial charge in [-0.1, -0.05) is 0 Å². The molecule has 1 rings (SSSR count). The first-order valence-corrected chi connectivity index (χ1v) is 4.90. The highest BCUT2D eigenvalue weighted by Gasteiger charge is 2.06. The third-order valence-corrected chi connectivity index (χ3v) is 1.81. The molecule has 1 heterocycles. The molecule has 0 saturated heterocycles. The maximum absolute atomic E-state index is 11.4. The minimum Gasteiger partial charge on any atom is -0.370 e. The minimum absolute atomic E-state index is 0.173. The van der Waals surface area contributed by atoms with Crippen molar-refractivity contribution in [2.75, 3.05) is 18.4 Å². The summed E-state index contributed by atoms with van der Waals surface area (Å²) in [4.78, 5) is 25.9. The topological polar surface area (TPSA) is 97.1 Å². The monoisotopic (exact) mass is 222 g/mol. The van der Waals surface area contributed by atoms with Crippen LogP contribution < -0.4 is 16.4 Å². The molecule has 0 aromatic carbocycles. The molecule has 0 unspecified atom stereocenters. The second kappa shape index (κ2) is 5.69. The lowest BCUT2D eigenvalue weighted by molar-refractivity contribution is -0.117. The van der Waals surface area contributed by atoms with Crippen LogP contribution in [-0.4, -0.2) is 29.9 Å². The van der Waals surface area contributed by atoms with Crippen molar-refractivity contribution in [2.45, 2.75) is 6.92 Å². The first kappa shape index (κ1) is 12.0. The number of carbonyl (C=O) groups excluding carboxylic acids is 2. The number of pyridine rings is 1. The number of nitrogens with one attached hydrogen (secondary N) is 2. The smallest absolute Gasteiger partial charge is 0.253 e. The zero-order chi connectivity index (χ0) is 12.0. The number of hydrogen-bond acceptors (Lipinski definition) is 4. The second-order valence-corrected chi connectivity index (χ2v) is 3.11. The molecule has 0 aliphatic rings. The van der Waals surface area contributed by atoms with E-state index in [1.54, 1.807) is 12.1 Å². The summed E-state index contributed by atoms with van der Waals surface area (Å²) in [6.45, 7) is 2.54. The van der Waals surface area contributed by atoms with Gasteiger partial charge in [0.15, 0.2) is 0 Å². The summed E-state index contributed by atoms with van der Waals surface area (Å²) in [6, 6.07) is 3.32. The molecule has 1 aromatic heterocycles. The number of anilines is 1. The Kier molecular flexibility index (Phi) is 4.26. The van der Waals surface area contributed by atoms with Crippen molar-refractivity contribution in [3.63, 3.8) is 0 Å². The SMILES string of the molecule is CCNc1ccc(C(=O)NCC(N)=O)cn1. The highest BCUT2D eigenvalue weighted by Crippen LogP contribution is 2.04. The fourth-order valence-corrected chi connectivity index (χ4v) is 1.08. The molecule has 0 fully saturated rings. The number of nitrogens with zero attached hydrogens (tertiary/aromatic N) is 1. The lowest BCUT2D eigenvalue weighted by Gasteiger charge is -2.04. The first-order chi connectivity index (χ1) is 7.63. The quantitative estimate of drug-likeness (QED) is 0.638. The van der Waals surface area contributed by atoms with Crippen LogP contribution >= 0.6 is 0 Å². The highest BCUT2D eigenvalue weighted by molar-refractivity contribution is 5.96. The Labute approximate surface area is 93.2 Å². The van der Waals surface area contributed by atoms with Gasteiger partial charge in [-0.2, -0.15) is 0 Å². The third kappa shape index (κ3) is 3.56. The van der Waals surface area contributed by atoms with Crippen LogP contribution in [0.5, 0.6) is 0 Å². The van der Waals surface area contributed by atoms with Crippen molar-refractivity contribution in [1.29, 1.82) is 0 Å². The van der Waals surface area contributed by atoms with E-state index in [0.29, 0.717) is 11.4 Å². The standard InChI is InChI=1S/C10H14N4O2/c1-2-12-9-4-3-7(5-13-9)10(16)14-6-8(11)15/h3-5H,2,6H2,1H3,(H2,11,15)(H,12,13)(H,14,16). The molecular formula is C10H14N4O2. The van der Waals surface area contributed by atoms with Gasteiger partial charge in [-0.3, -0.25) is 9.59 Å². The van der Waals surface area contributed by atoms with Crippen LogP contribution in [-0.2, 0) is 4.79 Å². The molecule has 0 aliphatic carbocycles. The molecular weight excluding hydrogens is 208 g/mol. The number of nitrogens with two attached hydrogens (primary N) is 1. The average Bonchev–Trinajstić information content (AvgIpc) is 2.27. The molecule has 86 valence electrons. The highest BCUT2D eigenvalue weighted by atomic mass is 16.2. The van der Waals surface area contributed by atoms with E-state index in [4.69, 9.17) is 5.73 Å². The molecule has 6 heteroatoms. The van der Waals surface area contributed by atoms with Gasteiger partial charge in [0.25, 0.3) is 5.91 Å². The second-order valence-electron chi connectivity index (χ2n) is 3.11. The van der Waals surface area contributed by atoms with Gasteiger partial charge in [-0.15, -0.1) is 0 Å². The van der Waals surface area contributed by atoms with Crippen molar-refractivity contribution in [2.24, 2.45) is 5.73 Å². The number of aromatic nitrogens is 1. The van der Waals surface area contributed by atoms with E-state index in [1.807, 2.05) is 6.92 Å². The van der Waals surface area contributed by atoms with E-state index in [1.165, 1.54) is 6.20 Å². The molecule has 1 aromatic rings. The number of carbonyl (C=O) groups is 2. The summed E-state index contributed by atoms with van der Waals surface area (Å²) < 4.78 is 0. The number of primary amides is 1. The van der Waals surface area contributed by atoms with Crippen molar-refractivity contribution in [3.8, 4) is 0 Å². The van der Waals surface area contributed by atoms with Crippen molar-refractivity contribution in [3.05, 3.63) is 23.9 Å². The van der Waals surface area contributed by atoms with Crippen LogP contribution in [0.2, 0.25) is 0 Å². The van der Waals surface area contributed by atoms with Gasteiger partial charge in [-0.25, -0.2) is 4.98 Å². The summed E-state index contributed by atoms with van der Waals surface area (Å²) in [5.74, 6) is -0.242. The molecule has 0 bridgehead atoms. The Morgan fingerprint density at radius 2 is 2.19 bits per heavy atom. The maximum atomic E-state index is 11.4. The van der Waals surface area contributed by atoms with Crippen LogP contribution in [0.4, 0.5) is 5.82 Å². The maximum Gasteiger partial charge on any atom is 0.253 e. The molecule has 0 atom stereocenters. The van der Waals surface area contributed by atoms with Gasteiger partial charge in [0.1, 0.15) is 5.82 Å². The van der Waals surface area contributed by atoms with E-state index < -0.39 is 5.91 Å². The van der Waals surface area contributed by atoms with Crippen molar-refractivity contribution < 1.29 is 9.59 Å². The first-order valence-electron chi connectivity index (χ1n) is 4.90. The van der Waals surface area contributed by atoms with Crippen LogP contribution in [0.25, 0.3) is 0 Å². The average molecular weight is 222 g/mol. The zero-order valence-corrected chi connectivity index (χ0v) is 8.99. The Bertz CT molecular complexity index is 375. The van der Waals surface area contributed by atoms with Crippen LogP contribution in [0, 0.1) is 0 Å². The molecule has 0 spiro atoms. The lowest BCUT2D eigenvalue weighted by Crippen LogP contribution is -2.33. The zero-order valence-electron chi connectivity index (χ0n) is 8.99. The Balaban J connectivity index is 2.59. The molecule has 0 radical (unpaired) electrons. The molecule has 0 saturated carbocycles. The minimum atomic E-state index is -0.578. The van der Waals surface area contributed by atoms with E-state index in [9.17, 15) is 9.59 Å². The van der Waals surface area contributed by atoms with Crippen LogP contribution in [0.15, 0.2) is 18.3 Å². The lowest BCUT2D eigenvalue weighted by atomic mass is 10.2. The van der Waals surface area contributed by atoms with E-state index in [-0.39, 0.29) is 12.5 Å². The van der Waals surface area contributed by atoms with Crippen molar-refractivity contribution in [1.82, 2.24) is 10.3 Å². The molecule has 4 N–H and O–H groups in total. The van der Waals surface area contributed by atoms with Crippen molar-refractivity contribution >= 4 is 17.6 Å². The van der Waals surface area contributed by atoms with E-state index in [2.05, 4.69) is 15.6 Å². The molecule has 16 heavy (non-hydrogen) atoms. The van der Waals surface area contributed by atoms with Crippen LogP contribution in [0.3, 0.4) is 0 Å². The normalized spacial score (nSPS) is 9.56. The fourth-order valence-electron chi connectivity index (χ4n) is 1.08. The predicted octanol–water partition coefficient (Wildman–Crippen LogP) is -0.272. The summed E-state index contributed by atoms with van der Waals surface area (Å²) in [7, 11) is 0. The van der Waals surface area contributed by atoms with Gasteiger partial charge < -0.3 is 16.4 Å². The van der Waals surface area contributed by atoms with E-state index in [0.717, 1.165) is 6.54 Å². The van der Waals surface area contributed by atoms with Crippen LogP contribution in [0.1, 0.15) is 17.3 Å². The third-order valence-electron chi connectivity index (χ3n) is 1.81. The van der Waals surface area contributed by atoms with Gasteiger partial charge in [0, 0.05) is 12.7 Å². The number of rotatable bonds is 5. The number of amides is 2. The molecule has 2 amide bonds. The summed E-state index contributed by atoms with van der Waals surface area (Å²) in [5, 5.41) is 5.38. The predicted molar refractivity (Wildman–Crippen MR) is 59.9 cm³/mol. The number of hydrogen-bond donors (Lipinski definition) is 3. The summed E-state index contributed by atoms with van der Waals surface area (Å²) in [5.41, 5.74) is 5.29. The Morgan fingerprint density at radius 1 is 1.44 bits per heavy atom. The summed E-state index contributed by atoms with van der Waals surface area (Å²) >= 11 is 0. The Hall–Kier alpha value is -2.11. The van der Waals surface area contributed by atoms with Gasteiger partial charge >= 0.3 is 0 Å². The van der Waals surface area contributed by atoms with Gasteiger partial charge in [-0.05, 0) is 19.1 Å². The largest absolute Gasteiger partial charge is 0.370 e. The van der Waals surface area contributed by atoms with Gasteiger partial charge in [0.05, 0.1) is 12.1 Å². The fraction of sp³-hybridized carbons (Fsp3) is 0.300. The summed E-state index contributed by atoms with van der Waals surface area (Å²) in [6.07, 6.45) is 1.44. The molecule has 6 nitrogen and oxygen atoms in total.